The maximum atomic E-state index is 12.0. The fourth-order valence-electron chi connectivity index (χ4n) is 1.50. The van der Waals surface area contributed by atoms with Gasteiger partial charge in [0.15, 0.2) is 0 Å². The summed E-state index contributed by atoms with van der Waals surface area (Å²) in [6, 6.07) is 1.84. The largest absolute Gasteiger partial charge is 0.380 e. The first-order valence-electron chi connectivity index (χ1n) is 5.75. The van der Waals surface area contributed by atoms with Crippen molar-refractivity contribution in [3.05, 3.63) is 22.4 Å². The summed E-state index contributed by atoms with van der Waals surface area (Å²) >= 11 is 3.39. The van der Waals surface area contributed by atoms with Gasteiger partial charge in [-0.15, -0.1) is 0 Å². The quantitative estimate of drug-likeness (QED) is 0.877. The van der Waals surface area contributed by atoms with Crippen LogP contribution in [-0.4, -0.2) is 30.2 Å². The molecule has 0 aliphatic carbocycles. The Labute approximate surface area is 110 Å². The highest BCUT2D eigenvalue weighted by atomic mass is 79.9. The van der Waals surface area contributed by atoms with Crippen molar-refractivity contribution in [2.24, 2.45) is 0 Å². The minimum atomic E-state index is -0.0620. The van der Waals surface area contributed by atoms with Crippen LogP contribution in [-0.2, 0) is 11.3 Å². The molecule has 0 aromatic carbocycles. The topological polar surface area (TPSA) is 43.3 Å². The highest BCUT2D eigenvalue weighted by molar-refractivity contribution is 9.10. The molecule has 0 bridgehead atoms. The number of aryl methyl sites for hydroxylation is 1. The zero-order chi connectivity index (χ0) is 12.8. The highest BCUT2D eigenvalue weighted by Crippen LogP contribution is 2.15. The second-order valence-corrected chi connectivity index (χ2v) is 4.91. The van der Waals surface area contributed by atoms with Crippen LogP contribution >= 0.6 is 15.9 Å². The van der Waals surface area contributed by atoms with Gasteiger partial charge in [-0.1, -0.05) is 6.92 Å². The van der Waals surface area contributed by atoms with Crippen molar-refractivity contribution in [1.29, 1.82) is 0 Å². The van der Waals surface area contributed by atoms with Crippen LogP contribution in [0.3, 0.4) is 0 Å². The second kappa shape index (κ2) is 6.81. The Hall–Kier alpha value is -0.810. The maximum absolute atomic E-state index is 12.0. The van der Waals surface area contributed by atoms with Crippen LogP contribution in [0.4, 0.5) is 0 Å². The Kier molecular flexibility index (Phi) is 5.71. The molecule has 1 heterocycles. The van der Waals surface area contributed by atoms with E-state index < -0.39 is 0 Å². The van der Waals surface area contributed by atoms with Crippen molar-refractivity contribution in [2.75, 3.05) is 13.7 Å². The van der Waals surface area contributed by atoms with Crippen molar-refractivity contribution in [1.82, 2.24) is 9.88 Å². The molecule has 0 radical (unpaired) electrons. The molecular weight excluding hydrogens is 284 g/mol. The zero-order valence-corrected chi connectivity index (χ0v) is 12.1. The molecule has 0 saturated carbocycles. The standard InChI is InChI=1S/C12H19BrN2O2/c1-4-5-15-8-10(13)6-11(15)12(16)14-7-9(2)17-3/h6,8-9H,4-5,7H2,1-3H3,(H,14,16). The minimum Gasteiger partial charge on any atom is -0.380 e. The predicted octanol–water partition coefficient (Wildman–Crippen LogP) is 2.43. The van der Waals surface area contributed by atoms with Gasteiger partial charge in [-0.3, -0.25) is 4.79 Å². The van der Waals surface area contributed by atoms with E-state index in [1.54, 1.807) is 7.11 Å². The molecular formula is C12H19BrN2O2. The van der Waals surface area contributed by atoms with Gasteiger partial charge in [0.25, 0.3) is 5.91 Å². The fourth-order valence-corrected chi connectivity index (χ4v) is 1.97. The molecule has 4 nitrogen and oxygen atoms in total. The Balaban J connectivity index is 2.67. The number of hydrogen-bond acceptors (Lipinski definition) is 2. The van der Waals surface area contributed by atoms with Gasteiger partial charge in [0.2, 0.25) is 0 Å². The summed E-state index contributed by atoms with van der Waals surface area (Å²) in [5, 5.41) is 2.86. The van der Waals surface area contributed by atoms with E-state index in [-0.39, 0.29) is 12.0 Å². The fraction of sp³-hybridized carbons (Fsp3) is 0.583. The number of carbonyl (C=O) groups is 1. The average molecular weight is 303 g/mol. The third-order valence-corrected chi connectivity index (χ3v) is 2.95. The first kappa shape index (κ1) is 14.3. The molecule has 1 atom stereocenters. The summed E-state index contributed by atoms with van der Waals surface area (Å²) in [5.74, 6) is -0.0620. The Morgan fingerprint density at radius 3 is 2.94 bits per heavy atom. The molecule has 1 aromatic heterocycles. The molecule has 1 aromatic rings. The van der Waals surface area contributed by atoms with Gasteiger partial charge < -0.3 is 14.6 Å². The molecule has 0 aliphatic rings. The molecule has 0 saturated heterocycles. The van der Waals surface area contributed by atoms with E-state index >= 15 is 0 Å². The minimum absolute atomic E-state index is 0.0250. The van der Waals surface area contributed by atoms with Gasteiger partial charge in [-0.2, -0.15) is 0 Å². The predicted molar refractivity (Wildman–Crippen MR) is 71.2 cm³/mol. The van der Waals surface area contributed by atoms with Crippen LogP contribution in [0.25, 0.3) is 0 Å². The Bertz CT molecular complexity index is 377. The Morgan fingerprint density at radius 2 is 2.35 bits per heavy atom. The van der Waals surface area contributed by atoms with E-state index in [1.165, 1.54) is 0 Å². The zero-order valence-electron chi connectivity index (χ0n) is 10.5. The highest BCUT2D eigenvalue weighted by Gasteiger charge is 2.13. The van der Waals surface area contributed by atoms with Crippen molar-refractivity contribution < 1.29 is 9.53 Å². The normalized spacial score (nSPS) is 12.5. The van der Waals surface area contributed by atoms with E-state index in [4.69, 9.17) is 4.74 Å². The number of rotatable bonds is 6. The Morgan fingerprint density at radius 1 is 1.65 bits per heavy atom. The van der Waals surface area contributed by atoms with Crippen LogP contribution in [0.5, 0.6) is 0 Å². The van der Waals surface area contributed by atoms with Crippen LogP contribution in [0.1, 0.15) is 30.8 Å². The molecule has 0 fully saturated rings. The number of amides is 1. The molecule has 1 rings (SSSR count). The van der Waals surface area contributed by atoms with Gasteiger partial charge in [0.05, 0.1) is 6.10 Å². The lowest BCUT2D eigenvalue weighted by Gasteiger charge is -2.12. The van der Waals surface area contributed by atoms with Crippen LogP contribution in [0.2, 0.25) is 0 Å². The number of ether oxygens (including phenoxy) is 1. The number of methoxy groups -OCH3 is 1. The SMILES string of the molecule is CCCn1cc(Br)cc1C(=O)NCC(C)OC. The first-order valence-corrected chi connectivity index (χ1v) is 6.54. The smallest absolute Gasteiger partial charge is 0.268 e. The number of nitrogens with one attached hydrogen (secondary N) is 1. The molecule has 5 heteroatoms. The van der Waals surface area contributed by atoms with Crippen molar-refractivity contribution in [3.63, 3.8) is 0 Å². The average Bonchev–Trinajstić information content (AvgIpc) is 2.67. The van der Waals surface area contributed by atoms with Gasteiger partial charge in [-0.25, -0.2) is 0 Å². The lowest BCUT2D eigenvalue weighted by Crippen LogP contribution is -2.32. The van der Waals surface area contributed by atoms with Gasteiger partial charge in [-0.05, 0) is 35.3 Å². The summed E-state index contributed by atoms with van der Waals surface area (Å²) in [6.45, 7) is 5.36. The lowest BCUT2D eigenvalue weighted by molar-refractivity contribution is 0.0862. The van der Waals surface area contributed by atoms with Gasteiger partial charge in [0.1, 0.15) is 5.69 Å². The van der Waals surface area contributed by atoms with E-state index in [9.17, 15) is 4.79 Å². The number of carbonyl (C=O) groups excluding carboxylic acids is 1. The molecule has 0 spiro atoms. The molecule has 1 amide bonds. The summed E-state index contributed by atoms with van der Waals surface area (Å²) < 4.78 is 7.97. The molecule has 17 heavy (non-hydrogen) atoms. The number of halogens is 1. The van der Waals surface area contributed by atoms with Crippen molar-refractivity contribution >= 4 is 21.8 Å². The van der Waals surface area contributed by atoms with Gasteiger partial charge >= 0.3 is 0 Å². The molecule has 1 unspecified atom stereocenters. The van der Waals surface area contributed by atoms with Crippen molar-refractivity contribution in [3.8, 4) is 0 Å². The van der Waals surface area contributed by atoms with Crippen LogP contribution < -0.4 is 5.32 Å². The number of hydrogen-bond donors (Lipinski definition) is 1. The lowest BCUT2D eigenvalue weighted by atomic mass is 10.3. The summed E-state index contributed by atoms with van der Waals surface area (Å²) in [6.07, 6.45) is 2.95. The summed E-state index contributed by atoms with van der Waals surface area (Å²) in [7, 11) is 1.63. The summed E-state index contributed by atoms with van der Waals surface area (Å²) in [5.41, 5.74) is 0.682. The number of aromatic nitrogens is 1. The number of nitrogens with zero attached hydrogens (tertiary/aromatic N) is 1. The van der Waals surface area contributed by atoms with E-state index in [0.717, 1.165) is 17.4 Å². The van der Waals surface area contributed by atoms with E-state index in [2.05, 4.69) is 28.2 Å². The van der Waals surface area contributed by atoms with E-state index in [1.807, 2.05) is 23.8 Å². The van der Waals surface area contributed by atoms with Crippen LogP contribution in [0.15, 0.2) is 16.7 Å². The molecule has 1 N–H and O–H groups in total. The third-order valence-electron chi connectivity index (χ3n) is 2.51. The first-order chi connectivity index (χ1) is 8.08. The van der Waals surface area contributed by atoms with Crippen LogP contribution in [0, 0.1) is 0 Å². The summed E-state index contributed by atoms with van der Waals surface area (Å²) in [4.78, 5) is 12.0. The van der Waals surface area contributed by atoms with Crippen molar-refractivity contribution in [2.45, 2.75) is 32.9 Å². The third kappa shape index (κ3) is 4.16. The monoisotopic (exact) mass is 302 g/mol. The second-order valence-electron chi connectivity index (χ2n) is 3.99. The molecule has 96 valence electrons. The molecule has 0 aliphatic heterocycles. The van der Waals surface area contributed by atoms with E-state index in [0.29, 0.717) is 12.2 Å². The maximum Gasteiger partial charge on any atom is 0.268 e. The van der Waals surface area contributed by atoms with Gasteiger partial charge in [0, 0.05) is 30.9 Å².